The van der Waals surface area contributed by atoms with Gasteiger partial charge in [0.25, 0.3) is 10.0 Å². The van der Waals surface area contributed by atoms with Crippen molar-refractivity contribution < 1.29 is 8.42 Å². The Kier molecular flexibility index (Phi) is 3.71. The molecule has 0 aliphatic carbocycles. The highest BCUT2D eigenvalue weighted by Crippen LogP contribution is 2.35. The molecule has 1 atom stereocenters. The second-order valence-corrected chi connectivity index (χ2v) is 8.33. The third kappa shape index (κ3) is 2.80. The number of likely N-dealkylation sites (tertiary alicyclic amines) is 1. The van der Waals surface area contributed by atoms with Crippen molar-refractivity contribution >= 4 is 32.9 Å². The highest BCUT2D eigenvalue weighted by Gasteiger charge is 2.30. The van der Waals surface area contributed by atoms with Gasteiger partial charge in [-0.3, -0.25) is 4.90 Å². The molecular formula is C16H17N3O2S2. The molecule has 1 fully saturated rings. The molecule has 0 radical (unpaired) electrons. The number of hydrogen-bond acceptors (Lipinski definition) is 5. The Hall–Kier alpha value is -1.70. The van der Waals surface area contributed by atoms with Crippen LogP contribution in [-0.2, 0) is 10.0 Å². The number of thiophene rings is 1. The Morgan fingerprint density at radius 1 is 1.26 bits per heavy atom. The van der Waals surface area contributed by atoms with Gasteiger partial charge in [0.15, 0.2) is 0 Å². The zero-order chi connectivity index (χ0) is 15.9. The lowest BCUT2D eigenvalue weighted by atomic mass is 10.2. The van der Waals surface area contributed by atoms with E-state index in [4.69, 9.17) is 0 Å². The topological polar surface area (TPSA) is 61.8 Å². The molecule has 23 heavy (non-hydrogen) atoms. The summed E-state index contributed by atoms with van der Waals surface area (Å²) in [4.78, 5) is 3.89. The molecule has 4 rings (SSSR count). The fraction of sp³-hybridized carbons (Fsp3) is 0.312. The van der Waals surface area contributed by atoms with E-state index in [1.165, 1.54) is 4.88 Å². The second-order valence-electron chi connectivity index (χ2n) is 5.78. The Bertz CT molecular complexity index is 844. The molecular weight excluding hydrogens is 330 g/mol. The summed E-state index contributed by atoms with van der Waals surface area (Å²) in [5, 5.41) is 5.26. The zero-order valence-electron chi connectivity index (χ0n) is 12.5. The van der Waals surface area contributed by atoms with E-state index in [2.05, 4.69) is 32.1 Å². The number of nitrogens with zero attached hydrogens (tertiary/aromatic N) is 2. The van der Waals surface area contributed by atoms with Gasteiger partial charge in [0.05, 0.1) is 12.2 Å². The van der Waals surface area contributed by atoms with E-state index in [0.29, 0.717) is 24.1 Å². The van der Waals surface area contributed by atoms with Crippen molar-refractivity contribution in [2.24, 2.45) is 4.40 Å². The molecule has 0 unspecified atom stereocenters. The van der Waals surface area contributed by atoms with Gasteiger partial charge in [-0.1, -0.05) is 18.2 Å². The molecule has 1 aromatic carbocycles. The molecule has 7 heteroatoms. The number of anilines is 1. The van der Waals surface area contributed by atoms with Crippen LogP contribution in [0.1, 0.15) is 23.8 Å². The summed E-state index contributed by atoms with van der Waals surface area (Å²) in [5.74, 6) is 0.507. The van der Waals surface area contributed by atoms with E-state index >= 15 is 0 Å². The highest BCUT2D eigenvalue weighted by atomic mass is 32.2. The predicted molar refractivity (Wildman–Crippen MR) is 92.6 cm³/mol. The number of hydrogen-bond donors (Lipinski definition) is 1. The number of para-hydroxylation sites is 1. The maximum atomic E-state index is 12.3. The average molecular weight is 347 g/mol. The number of nitrogens with one attached hydrogen (secondary N) is 1. The van der Waals surface area contributed by atoms with Gasteiger partial charge in [-0.05, 0) is 43.0 Å². The van der Waals surface area contributed by atoms with Crippen LogP contribution in [0.25, 0.3) is 0 Å². The van der Waals surface area contributed by atoms with Gasteiger partial charge in [-0.15, -0.1) is 15.7 Å². The molecule has 5 nitrogen and oxygen atoms in total. The molecule has 0 spiro atoms. The molecule has 1 N–H and O–H groups in total. The Labute approximate surface area is 139 Å². The first-order valence-corrected chi connectivity index (χ1v) is 9.93. The third-order valence-corrected chi connectivity index (χ3v) is 6.61. The zero-order valence-corrected chi connectivity index (χ0v) is 14.1. The Balaban J connectivity index is 1.59. The van der Waals surface area contributed by atoms with Crippen LogP contribution < -0.4 is 5.32 Å². The van der Waals surface area contributed by atoms with Crippen LogP contribution in [0, 0.1) is 0 Å². The molecule has 0 bridgehead atoms. The lowest BCUT2D eigenvalue weighted by Crippen LogP contribution is -2.35. The molecule has 3 heterocycles. The summed E-state index contributed by atoms with van der Waals surface area (Å²) in [6, 6.07) is 11.5. The minimum absolute atomic E-state index is 0.250. The molecule has 2 aliphatic heterocycles. The van der Waals surface area contributed by atoms with E-state index in [1.54, 1.807) is 29.5 Å². The SMILES string of the molecule is O=S1(=O)N=C(CN2CCC[C@@H]2c2cccs2)Nc2ccccc21. The summed E-state index contributed by atoms with van der Waals surface area (Å²) in [6.45, 7) is 1.49. The van der Waals surface area contributed by atoms with E-state index in [9.17, 15) is 8.42 Å². The third-order valence-electron chi connectivity index (χ3n) is 4.26. The highest BCUT2D eigenvalue weighted by molar-refractivity contribution is 7.90. The Morgan fingerprint density at radius 2 is 2.13 bits per heavy atom. The van der Waals surface area contributed by atoms with Gasteiger partial charge in [0, 0.05) is 10.9 Å². The average Bonchev–Trinajstić information content (AvgIpc) is 3.17. The van der Waals surface area contributed by atoms with E-state index in [-0.39, 0.29) is 4.90 Å². The normalized spacial score (nSPS) is 23.1. The molecule has 0 saturated carbocycles. The van der Waals surface area contributed by atoms with Crippen LogP contribution in [0.2, 0.25) is 0 Å². The number of benzene rings is 1. The number of amidine groups is 1. The lowest BCUT2D eigenvalue weighted by molar-refractivity contribution is 0.298. The van der Waals surface area contributed by atoms with Crippen LogP contribution in [0.5, 0.6) is 0 Å². The monoisotopic (exact) mass is 347 g/mol. The van der Waals surface area contributed by atoms with Crippen LogP contribution in [0.4, 0.5) is 5.69 Å². The maximum Gasteiger partial charge on any atom is 0.286 e. The van der Waals surface area contributed by atoms with Gasteiger partial charge in [0.2, 0.25) is 0 Å². The first-order valence-electron chi connectivity index (χ1n) is 7.61. The summed E-state index contributed by atoms with van der Waals surface area (Å²) in [6.07, 6.45) is 2.23. The van der Waals surface area contributed by atoms with E-state index in [1.807, 2.05) is 6.07 Å². The second kappa shape index (κ2) is 5.74. The van der Waals surface area contributed by atoms with Crippen molar-refractivity contribution in [3.8, 4) is 0 Å². The van der Waals surface area contributed by atoms with Crippen molar-refractivity contribution in [1.29, 1.82) is 0 Å². The van der Waals surface area contributed by atoms with E-state index < -0.39 is 10.0 Å². The number of sulfonamides is 1. The standard InChI is InChI=1S/C16H17N3O2S2/c20-23(21)15-8-2-1-5-12(15)17-16(18-23)11-19-9-3-6-13(19)14-7-4-10-22-14/h1-2,4-5,7-8,10,13H,3,6,9,11H2,(H,17,18)/t13-/m1/s1. The predicted octanol–water partition coefficient (Wildman–Crippen LogP) is 3.10. The fourth-order valence-electron chi connectivity index (χ4n) is 3.25. The van der Waals surface area contributed by atoms with E-state index in [0.717, 1.165) is 19.4 Å². The molecule has 2 aliphatic rings. The van der Waals surface area contributed by atoms with Crippen molar-refractivity contribution in [2.45, 2.75) is 23.8 Å². The van der Waals surface area contributed by atoms with Gasteiger partial charge >= 0.3 is 0 Å². The smallest absolute Gasteiger partial charge is 0.286 e. The quantitative estimate of drug-likeness (QED) is 0.927. The molecule has 2 aromatic rings. The largest absolute Gasteiger partial charge is 0.341 e. The number of rotatable bonds is 3. The summed E-state index contributed by atoms with van der Waals surface area (Å²) in [5.41, 5.74) is 0.615. The molecule has 120 valence electrons. The first-order chi connectivity index (χ1) is 11.1. The van der Waals surface area contributed by atoms with Crippen molar-refractivity contribution in [2.75, 3.05) is 18.4 Å². The van der Waals surface area contributed by atoms with Crippen molar-refractivity contribution in [3.05, 3.63) is 46.7 Å². The molecule has 0 amide bonds. The first kappa shape index (κ1) is 14.9. The number of fused-ring (bicyclic) bond motifs is 1. The maximum absolute atomic E-state index is 12.3. The van der Waals surface area contributed by atoms with Gasteiger partial charge in [-0.25, -0.2) is 0 Å². The summed E-state index contributed by atoms with van der Waals surface area (Å²) >= 11 is 1.75. The summed E-state index contributed by atoms with van der Waals surface area (Å²) in [7, 11) is -3.60. The van der Waals surface area contributed by atoms with Crippen LogP contribution in [0.3, 0.4) is 0 Å². The lowest BCUT2D eigenvalue weighted by Gasteiger charge is -2.26. The van der Waals surface area contributed by atoms with Gasteiger partial charge in [-0.2, -0.15) is 8.42 Å². The Morgan fingerprint density at radius 3 is 2.96 bits per heavy atom. The van der Waals surface area contributed by atoms with Crippen molar-refractivity contribution in [3.63, 3.8) is 0 Å². The molecule has 1 aromatic heterocycles. The summed E-state index contributed by atoms with van der Waals surface area (Å²) < 4.78 is 28.6. The minimum atomic E-state index is -3.60. The van der Waals surface area contributed by atoms with Crippen LogP contribution in [0.15, 0.2) is 51.1 Å². The van der Waals surface area contributed by atoms with Gasteiger partial charge < -0.3 is 5.32 Å². The fourth-order valence-corrected chi connectivity index (χ4v) is 5.28. The van der Waals surface area contributed by atoms with Crippen molar-refractivity contribution in [1.82, 2.24) is 4.90 Å². The van der Waals surface area contributed by atoms with Crippen LogP contribution in [-0.4, -0.2) is 32.2 Å². The van der Waals surface area contributed by atoms with Gasteiger partial charge in [0.1, 0.15) is 10.7 Å². The minimum Gasteiger partial charge on any atom is -0.341 e. The molecule has 1 saturated heterocycles. The van der Waals surface area contributed by atoms with Crippen LogP contribution >= 0.6 is 11.3 Å².